The van der Waals surface area contributed by atoms with Crippen LogP contribution in [0.3, 0.4) is 0 Å². The van der Waals surface area contributed by atoms with E-state index in [0.29, 0.717) is 49.3 Å². The average Bonchev–Trinajstić information content (AvgIpc) is 3.23. The van der Waals surface area contributed by atoms with E-state index in [1.807, 2.05) is 18.2 Å². The van der Waals surface area contributed by atoms with E-state index < -0.39 is 5.69 Å². The Morgan fingerprint density at radius 1 is 1.18 bits per heavy atom. The summed E-state index contributed by atoms with van der Waals surface area (Å²) >= 11 is 0. The molecule has 2 amide bonds. The van der Waals surface area contributed by atoms with Gasteiger partial charge in [-0.25, -0.2) is 9.59 Å². The minimum atomic E-state index is -0.450. The van der Waals surface area contributed by atoms with Gasteiger partial charge in [-0.2, -0.15) is 4.98 Å². The van der Waals surface area contributed by atoms with Crippen LogP contribution in [0.25, 0.3) is 5.69 Å². The highest BCUT2D eigenvalue weighted by Gasteiger charge is 2.54. The van der Waals surface area contributed by atoms with Crippen LogP contribution in [0.15, 0.2) is 35.3 Å². The van der Waals surface area contributed by atoms with E-state index in [0.717, 1.165) is 43.9 Å². The molecule has 3 unspecified atom stereocenters. The number of likely N-dealkylation sites (tertiary alicyclic amines) is 1. The van der Waals surface area contributed by atoms with Crippen molar-refractivity contribution < 1.29 is 9.53 Å². The number of benzene rings is 1. The number of carbonyl (C=O) groups excluding carboxylic acids is 1. The molecule has 4 aliphatic rings. The summed E-state index contributed by atoms with van der Waals surface area (Å²) < 4.78 is 7.56. The predicted molar refractivity (Wildman–Crippen MR) is 130 cm³/mol. The van der Waals surface area contributed by atoms with Gasteiger partial charge in [-0.15, -0.1) is 12.4 Å². The van der Waals surface area contributed by atoms with E-state index in [-0.39, 0.29) is 24.3 Å². The van der Waals surface area contributed by atoms with E-state index in [9.17, 15) is 9.59 Å². The highest BCUT2D eigenvalue weighted by molar-refractivity contribution is 5.88. The molecule has 0 bridgehead atoms. The number of amides is 2. The number of nitrogens with zero attached hydrogens (tertiary/aromatic N) is 4. The van der Waals surface area contributed by atoms with Crippen molar-refractivity contribution in [3.05, 3.63) is 46.5 Å². The van der Waals surface area contributed by atoms with Crippen LogP contribution >= 0.6 is 12.4 Å². The molecule has 3 atom stereocenters. The van der Waals surface area contributed by atoms with Crippen molar-refractivity contribution in [2.24, 2.45) is 17.6 Å². The second-order valence-electron chi connectivity index (χ2n) is 9.45. The summed E-state index contributed by atoms with van der Waals surface area (Å²) in [5, 5.41) is 5.92. The molecule has 0 radical (unpaired) electrons. The first-order valence-corrected chi connectivity index (χ1v) is 11.7. The highest BCUT2D eigenvalue weighted by atomic mass is 35.5. The number of carbonyl (C=O) groups is 1. The summed E-state index contributed by atoms with van der Waals surface area (Å²) in [6, 6.07) is 8.03. The van der Waals surface area contributed by atoms with Crippen molar-refractivity contribution in [3.8, 4) is 11.4 Å². The zero-order valence-corrected chi connectivity index (χ0v) is 19.7. The highest BCUT2D eigenvalue weighted by Crippen LogP contribution is 2.45. The zero-order valence-electron chi connectivity index (χ0n) is 18.9. The lowest BCUT2D eigenvalue weighted by molar-refractivity contribution is 0.129. The van der Waals surface area contributed by atoms with Gasteiger partial charge in [0.25, 0.3) is 0 Å². The number of piperidine rings is 1. The summed E-state index contributed by atoms with van der Waals surface area (Å²) in [7, 11) is 0. The minimum absolute atomic E-state index is 0. The number of urea groups is 1. The van der Waals surface area contributed by atoms with Gasteiger partial charge in [-0.3, -0.25) is 14.8 Å². The number of fused-ring (bicyclic) bond motifs is 2. The van der Waals surface area contributed by atoms with Gasteiger partial charge in [0.05, 0.1) is 5.69 Å². The van der Waals surface area contributed by atoms with Gasteiger partial charge in [-0.1, -0.05) is 6.07 Å². The molecule has 6 rings (SSSR count). The van der Waals surface area contributed by atoms with Gasteiger partial charge >= 0.3 is 11.7 Å². The number of hydrogen-bond acceptors (Lipinski definition) is 7. The van der Waals surface area contributed by atoms with E-state index in [1.54, 1.807) is 17.2 Å². The summed E-state index contributed by atoms with van der Waals surface area (Å²) in [5.41, 5.74) is 7.47. The van der Waals surface area contributed by atoms with E-state index in [2.05, 4.69) is 20.5 Å². The lowest BCUT2D eigenvalue weighted by Crippen LogP contribution is -2.48. The standard InChI is InChI=1S/C23H29N7O3.ClH/c24-21-17-11-29(12-18(17)21)16-9-14-1-2-15(10-19(14)33-13-16)30-6-3-20(27-23(30)32)26-22(31)28-7-4-25-5-8-28;/h1-3,6,10,16-18,21,25H,4-5,7-9,11-13,24H2,(H,26,27,31,32);1H. The molecule has 3 fully saturated rings. The first-order chi connectivity index (χ1) is 16.1. The minimum Gasteiger partial charge on any atom is -0.492 e. The molecule has 182 valence electrons. The lowest BCUT2D eigenvalue weighted by Gasteiger charge is -2.33. The number of nitrogens with two attached hydrogens (primary N) is 1. The van der Waals surface area contributed by atoms with Gasteiger partial charge in [0.2, 0.25) is 0 Å². The van der Waals surface area contributed by atoms with Crippen molar-refractivity contribution in [3.63, 3.8) is 0 Å². The molecule has 2 saturated heterocycles. The Hall–Kier alpha value is -2.66. The maximum absolute atomic E-state index is 12.7. The quantitative estimate of drug-likeness (QED) is 0.569. The molecule has 10 nitrogen and oxygen atoms in total. The van der Waals surface area contributed by atoms with Crippen molar-refractivity contribution in [2.45, 2.75) is 18.5 Å². The fraction of sp³-hybridized carbons (Fsp3) is 0.522. The number of aromatic nitrogens is 2. The number of rotatable bonds is 3. The fourth-order valence-corrected chi connectivity index (χ4v) is 5.36. The Labute approximate surface area is 203 Å². The molecule has 2 aromatic rings. The van der Waals surface area contributed by atoms with Crippen LogP contribution in [-0.4, -0.2) is 83.3 Å². The number of hydrogen-bond donors (Lipinski definition) is 3. The van der Waals surface area contributed by atoms with Crippen LogP contribution in [-0.2, 0) is 6.42 Å². The number of anilines is 1. The number of halogens is 1. The molecule has 1 aliphatic carbocycles. The molecule has 1 saturated carbocycles. The normalized spacial score (nSPS) is 27.7. The summed E-state index contributed by atoms with van der Waals surface area (Å²) in [5.74, 6) is 2.39. The fourth-order valence-electron chi connectivity index (χ4n) is 5.36. The maximum atomic E-state index is 12.7. The van der Waals surface area contributed by atoms with Gasteiger partial charge in [-0.05, 0) is 36.0 Å². The maximum Gasteiger partial charge on any atom is 0.354 e. The van der Waals surface area contributed by atoms with Crippen LogP contribution in [0.2, 0.25) is 0 Å². The number of nitrogens with one attached hydrogen (secondary N) is 2. The summed E-state index contributed by atoms with van der Waals surface area (Å²) in [6.45, 7) is 5.58. The third-order valence-electron chi connectivity index (χ3n) is 7.46. The third-order valence-corrected chi connectivity index (χ3v) is 7.46. The SMILES string of the molecule is Cl.NC1C2CN(C3COc4cc(-n5ccc(NC(=O)N6CCNCC6)nc5=O)ccc4C3)CC12. The van der Waals surface area contributed by atoms with Gasteiger partial charge < -0.3 is 20.7 Å². The van der Waals surface area contributed by atoms with Crippen molar-refractivity contribution >= 4 is 24.3 Å². The average molecular weight is 488 g/mol. The Morgan fingerprint density at radius 3 is 2.68 bits per heavy atom. The van der Waals surface area contributed by atoms with Crippen molar-refractivity contribution in [1.29, 1.82) is 0 Å². The first-order valence-electron chi connectivity index (χ1n) is 11.7. The Bertz CT molecular complexity index is 1120. The second kappa shape index (κ2) is 9.18. The molecule has 11 heteroatoms. The molecular weight excluding hydrogens is 458 g/mol. The summed E-state index contributed by atoms with van der Waals surface area (Å²) in [4.78, 5) is 33.3. The van der Waals surface area contributed by atoms with Crippen LogP contribution < -0.4 is 26.8 Å². The largest absolute Gasteiger partial charge is 0.492 e. The Balaban J connectivity index is 0.00000241. The van der Waals surface area contributed by atoms with Gasteiger partial charge in [0, 0.05) is 63.6 Å². The molecule has 34 heavy (non-hydrogen) atoms. The van der Waals surface area contributed by atoms with Crippen LogP contribution in [0.4, 0.5) is 10.6 Å². The predicted octanol–water partition coefficient (Wildman–Crippen LogP) is 0.284. The zero-order chi connectivity index (χ0) is 22.5. The molecule has 1 aromatic carbocycles. The van der Waals surface area contributed by atoms with Crippen LogP contribution in [0.5, 0.6) is 5.75 Å². The van der Waals surface area contributed by atoms with E-state index in [1.165, 1.54) is 4.57 Å². The molecule has 0 spiro atoms. The second-order valence-corrected chi connectivity index (χ2v) is 9.45. The third kappa shape index (κ3) is 4.26. The summed E-state index contributed by atoms with van der Waals surface area (Å²) in [6.07, 6.45) is 2.57. The molecule has 1 aromatic heterocycles. The molecular formula is C23H30ClN7O3. The Morgan fingerprint density at radius 2 is 1.94 bits per heavy atom. The van der Waals surface area contributed by atoms with E-state index >= 15 is 0 Å². The van der Waals surface area contributed by atoms with Gasteiger partial charge in [0.1, 0.15) is 18.2 Å². The van der Waals surface area contributed by atoms with Gasteiger partial charge in [0.15, 0.2) is 0 Å². The van der Waals surface area contributed by atoms with Crippen molar-refractivity contribution in [2.75, 3.05) is 51.2 Å². The van der Waals surface area contributed by atoms with Crippen LogP contribution in [0.1, 0.15) is 5.56 Å². The molecule has 3 aliphatic heterocycles. The smallest absolute Gasteiger partial charge is 0.354 e. The number of piperazine rings is 1. The monoisotopic (exact) mass is 487 g/mol. The van der Waals surface area contributed by atoms with E-state index in [4.69, 9.17) is 10.5 Å². The molecule has 4 heterocycles. The first kappa shape index (κ1) is 23.1. The topological polar surface area (TPSA) is 118 Å². The number of ether oxygens (including phenoxy) is 1. The lowest BCUT2D eigenvalue weighted by atomic mass is 10.0. The van der Waals surface area contributed by atoms with Crippen molar-refractivity contribution in [1.82, 2.24) is 24.7 Å². The van der Waals surface area contributed by atoms with Crippen LogP contribution in [0, 0.1) is 11.8 Å². The molecule has 4 N–H and O–H groups in total. The Kier molecular flexibility index (Phi) is 6.24.